The topological polar surface area (TPSA) is 74.2 Å². The number of benzene rings is 3. The molecule has 0 saturated carbocycles. The molecule has 7 heteroatoms. The van der Waals surface area contributed by atoms with E-state index in [-0.39, 0.29) is 18.3 Å². The molecular formula is C32H37FO6. The minimum absolute atomic E-state index is 0.0939. The van der Waals surface area contributed by atoms with E-state index < -0.39 is 18.2 Å². The zero-order valence-electron chi connectivity index (χ0n) is 22.8. The van der Waals surface area contributed by atoms with Crippen molar-refractivity contribution in [1.82, 2.24) is 0 Å². The molecule has 3 aromatic carbocycles. The van der Waals surface area contributed by atoms with E-state index in [9.17, 15) is 14.3 Å². The number of methoxy groups -OCH3 is 1. The van der Waals surface area contributed by atoms with E-state index in [2.05, 4.69) is 6.92 Å². The van der Waals surface area contributed by atoms with E-state index in [0.717, 1.165) is 43.2 Å². The van der Waals surface area contributed by atoms with Gasteiger partial charge in [-0.3, -0.25) is 4.79 Å². The van der Waals surface area contributed by atoms with Crippen molar-refractivity contribution in [2.24, 2.45) is 5.92 Å². The van der Waals surface area contributed by atoms with Gasteiger partial charge in [0.15, 0.2) is 6.29 Å². The second-order valence-electron chi connectivity index (χ2n) is 9.97. The van der Waals surface area contributed by atoms with Crippen molar-refractivity contribution in [2.45, 2.75) is 64.8 Å². The summed E-state index contributed by atoms with van der Waals surface area (Å²) in [5, 5.41) is 9.57. The first-order valence-electron chi connectivity index (χ1n) is 13.6. The Balaban J connectivity index is 1.58. The van der Waals surface area contributed by atoms with E-state index in [0.29, 0.717) is 35.0 Å². The fourth-order valence-corrected chi connectivity index (χ4v) is 4.95. The quantitative estimate of drug-likeness (QED) is 0.257. The van der Waals surface area contributed by atoms with Crippen LogP contribution in [0.2, 0.25) is 0 Å². The summed E-state index contributed by atoms with van der Waals surface area (Å²) in [4.78, 5) is 11.7. The van der Waals surface area contributed by atoms with Crippen LogP contribution in [0.5, 0.6) is 17.2 Å². The molecule has 0 radical (unpaired) electrons. The van der Waals surface area contributed by atoms with Gasteiger partial charge < -0.3 is 24.1 Å². The van der Waals surface area contributed by atoms with Gasteiger partial charge in [0.05, 0.1) is 19.6 Å². The number of aliphatic carboxylic acids is 1. The number of carboxylic acid groups (broad SMARTS) is 1. The molecule has 1 N–H and O–H groups in total. The number of hydrogen-bond acceptors (Lipinski definition) is 5. The smallest absolute Gasteiger partial charge is 0.306 e. The molecule has 0 bridgehead atoms. The van der Waals surface area contributed by atoms with Crippen molar-refractivity contribution in [3.8, 4) is 28.4 Å². The molecule has 3 aromatic rings. The van der Waals surface area contributed by atoms with Gasteiger partial charge in [-0.1, -0.05) is 44.5 Å². The third-order valence-corrected chi connectivity index (χ3v) is 7.19. The number of ether oxygens (including phenoxy) is 4. The second-order valence-corrected chi connectivity index (χ2v) is 9.97. The molecule has 0 aromatic heterocycles. The maximum Gasteiger partial charge on any atom is 0.306 e. The van der Waals surface area contributed by atoms with E-state index in [1.54, 1.807) is 26.2 Å². The van der Waals surface area contributed by atoms with Crippen LogP contribution in [-0.4, -0.2) is 31.1 Å². The van der Waals surface area contributed by atoms with Crippen molar-refractivity contribution in [3.63, 3.8) is 0 Å². The highest BCUT2D eigenvalue weighted by atomic mass is 19.1. The molecule has 3 atom stereocenters. The van der Waals surface area contributed by atoms with E-state index in [1.165, 1.54) is 6.07 Å². The monoisotopic (exact) mass is 536 g/mol. The number of rotatable bonds is 12. The SMILES string of the molecule is CCC[C@H](c1cccc(OCc2ccc(-c3cc(OC)ccc3F)c(OC3CCCCO3)c2)c1)C(C)C(=O)O. The molecule has 1 saturated heterocycles. The van der Waals surface area contributed by atoms with Gasteiger partial charge in [0, 0.05) is 17.5 Å². The molecule has 2 unspecified atom stereocenters. The Hall–Kier alpha value is -3.58. The summed E-state index contributed by atoms with van der Waals surface area (Å²) in [7, 11) is 1.55. The Morgan fingerprint density at radius 3 is 2.64 bits per heavy atom. The van der Waals surface area contributed by atoms with Crippen molar-refractivity contribution in [2.75, 3.05) is 13.7 Å². The van der Waals surface area contributed by atoms with Crippen LogP contribution in [0.4, 0.5) is 4.39 Å². The zero-order chi connectivity index (χ0) is 27.8. The van der Waals surface area contributed by atoms with Gasteiger partial charge in [-0.15, -0.1) is 0 Å². The Bertz CT molecular complexity index is 1250. The summed E-state index contributed by atoms with van der Waals surface area (Å²) in [5.41, 5.74) is 2.79. The summed E-state index contributed by atoms with van der Waals surface area (Å²) < 4.78 is 38.4. The van der Waals surface area contributed by atoms with Crippen LogP contribution in [0, 0.1) is 11.7 Å². The third-order valence-electron chi connectivity index (χ3n) is 7.19. The van der Waals surface area contributed by atoms with Gasteiger partial charge in [-0.2, -0.15) is 0 Å². The van der Waals surface area contributed by atoms with Gasteiger partial charge in [0.1, 0.15) is 29.7 Å². The molecule has 39 heavy (non-hydrogen) atoms. The number of carboxylic acids is 1. The Labute approximate surface area is 229 Å². The number of hydrogen-bond donors (Lipinski definition) is 1. The fraction of sp³-hybridized carbons (Fsp3) is 0.406. The van der Waals surface area contributed by atoms with Crippen LogP contribution >= 0.6 is 0 Å². The van der Waals surface area contributed by atoms with Crippen LogP contribution in [0.3, 0.4) is 0 Å². The standard InChI is InChI=1S/C32H37FO6/c1-4-8-26(21(2)32(34)35)23-9-7-10-25(18-23)38-20-22-12-14-27(28-19-24(36-3)13-15-29(28)33)30(17-22)39-31-11-5-6-16-37-31/h7,9-10,12-15,17-19,21,26,31H,4-6,8,11,16,20H2,1-3H3,(H,34,35)/t21?,26-,31?/m0/s1. The first-order valence-corrected chi connectivity index (χ1v) is 13.6. The summed E-state index contributed by atoms with van der Waals surface area (Å²) in [6, 6.07) is 17.9. The molecule has 0 aliphatic carbocycles. The van der Waals surface area contributed by atoms with Crippen molar-refractivity contribution in [3.05, 3.63) is 77.6 Å². The highest BCUT2D eigenvalue weighted by molar-refractivity contribution is 5.73. The second kappa shape index (κ2) is 13.5. The van der Waals surface area contributed by atoms with Crippen LogP contribution in [-0.2, 0) is 16.1 Å². The van der Waals surface area contributed by atoms with Gasteiger partial charge in [0.25, 0.3) is 0 Å². The first kappa shape index (κ1) is 28.4. The highest BCUT2D eigenvalue weighted by Gasteiger charge is 2.25. The predicted octanol–water partition coefficient (Wildman–Crippen LogP) is 7.59. The lowest BCUT2D eigenvalue weighted by Gasteiger charge is -2.25. The minimum atomic E-state index is -0.804. The van der Waals surface area contributed by atoms with E-state index in [1.807, 2.05) is 42.5 Å². The predicted molar refractivity (Wildman–Crippen MR) is 148 cm³/mol. The van der Waals surface area contributed by atoms with Gasteiger partial charge in [-0.25, -0.2) is 4.39 Å². The molecule has 1 fully saturated rings. The number of halogens is 1. The maximum absolute atomic E-state index is 14.9. The third kappa shape index (κ3) is 7.30. The molecule has 6 nitrogen and oxygen atoms in total. The molecule has 4 rings (SSSR count). The largest absolute Gasteiger partial charge is 0.497 e. The maximum atomic E-state index is 14.9. The highest BCUT2D eigenvalue weighted by Crippen LogP contribution is 2.37. The Kier molecular flexibility index (Phi) is 9.82. The van der Waals surface area contributed by atoms with E-state index in [4.69, 9.17) is 18.9 Å². The van der Waals surface area contributed by atoms with Crippen LogP contribution in [0.15, 0.2) is 60.7 Å². The van der Waals surface area contributed by atoms with Gasteiger partial charge >= 0.3 is 5.97 Å². The average Bonchev–Trinajstić information content (AvgIpc) is 2.95. The molecule has 0 spiro atoms. The number of carbonyl (C=O) groups is 1. The van der Waals surface area contributed by atoms with Gasteiger partial charge in [-0.05, 0) is 72.7 Å². The lowest BCUT2D eigenvalue weighted by molar-refractivity contribution is -0.142. The molecule has 0 amide bonds. The van der Waals surface area contributed by atoms with E-state index >= 15 is 0 Å². The van der Waals surface area contributed by atoms with Crippen LogP contribution in [0.25, 0.3) is 11.1 Å². The zero-order valence-corrected chi connectivity index (χ0v) is 22.8. The van der Waals surface area contributed by atoms with Crippen molar-refractivity contribution in [1.29, 1.82) is 0 Å². The normalized spacial score (nSPS) is 16.8. The van der Waals surface area contributed by atoms with Crippen LogP contribution < -0.4 is 14.2 Å². The summed E-state index contributed by atoms with van der Waals surface area (Å²) in [6.07, 6.45) is 4.04. The van der Waals surface area contributed by atoms with Crippen molar-refractivity contribution < 1.29 is 33.2 Å². The lowest BCUT2D eigenvalue weighted by Crippen LogP contribution is -2.25. The summed E-state index contributed by atoms with van der Waals surface area (Å²) >= 11 is 0. The molecule has 1 heterocycles. The molecule has 1 aliphatic heterocycles. The molecule has 1 aliphatic rings. The Morgan fingerprint density at radius 2 is 1.92 bits per heavy atom. The van der Waals surface area contributed by atoms with Crippen molar-refractivity contribution >= 4 is 5.97 Å². The fourth-order valence-electron chi connectivity index (χ4n) is 4.95. The summed E-state index contributed by atoms with van der Waals surface area (Å²) in [6.45, 7) is 4.70. The lowest BCUT2D eigenvalue weighted by atomic mass is 9.84. The molecule has 208 valence electrons. The molecular weight excluding hydrogens is 499 g/mol. The Morgan fingerprint density at radius 1 is 1.08 bits per heavy atom. The first-order chi connectivity index (χ1) is 18.9. The minimum Gasteiger partial charge on any atom is -0.497 e. The average molecular weight is 537 g/mol. The van der Waals surface area contributed by atoms with Gasteiger partial charge in [0.2, 0.25) is 0 Å². The van der Waals surface area contributed by atoms with Crippen LogP contribution in [0.1, 0.15) is 63.0 Å². The summed E-state index contributed by atoms with van der Waals surface area (Å²) in [5.74, 6) is -0.0355.